The topological polar surface area (TPSA) is 59.7 Å². The van der Waals surface area contributed by atoms with E-state index < -0.39 is 0 Å². The zero-order valence-corrected chi connectivity index (χ0v) is 20.9. The number of carbonyl (C=O) groups is 1. The average molecular weight is 469 g/mol. The second-order valence-electron chi connectivity index (χ2n) is 10.2. The number of hydrogen-bond acceptors (Lipinski definition) is 5. The predicted octanol–water partition coefficient (Wildman–Crippen LogP) is 5.52. The molecule has 0 radical (unpaired) electrons. The van der Waals surface area contributed by atoms with Gasteiger partial charge < -0.3 is 9.64 Å². The van der Waals surface area contributed by atoms with Crippen molar-refractivity contribution in [1.82, 2.24) is 14.6 Å². The first-order valence-electron chi connectivity index (χ1n) is 12.2. The van der Waals surface area contributed by atoms with E-state index >= 15 is 0 Å². The summed E-state index contributed by atoms with van der Waals surface area (Å²) in [6.07, 6.45) is 5.10. The molecule has 2 aromatic heterocycles. The summed E-state index contributed by atoms with van der Waals surface area (Å²) in [5, 5.41) is 4.41. The summed E-state index contributed by atoms with van der Waals surface area (Å²) in [4.78, 5) is 19.8. The summed E-state index contributed by atoms with van der Waals surface area (Å²) < 4.78 is 7.63. The third kappa shape index (κ3) is 4.78. The molecule has 0 amide bonds. The Bertz CT molecular complexity index is 1330. The highest BCUT2D eigenvalue weighted by molar-refractivity contribution is 5.89. The fourth-order valence-electron chi connectivity index (χ4n) is 4.75. The number of ketones is 1. The molecule has 35 heavy (non-hydrogen) atoms. The van der Waals surface area contributed by atoms with Crippen LogP contribution in [0.15, 0.2) is 67.1 Å². The lowest BCUT2D eigenvalue weighted by Gasteiger charge is -2.47. The van der Waals surface area contributed by atoms with Crippen molar-refractivity contribution in [1.29, 1.82) is 0 Å². The molecule has 0 spiro atoms. The molecule has 1 saturated heterocycles. The van der Waals surface area contributed by atoms with Gasteiger partial charge in [0.05, 0.1) is 11.5 Å². The number of fused-ring (bicyclic) bond motifs is 1. The summed E-state index contributed by atoms with van der Waals surface area (Å²) in [6, 6.07) is 18.7. The van der Waals surface area contributed by atoms with Gasteiger partial charge in [0.15, 0.2) is 5.82 Å². The van der Waals surface area contributed by atoms with E-state index in [-0.39, 0.29) is 11.5 Å². The monoisotopic (exact) mass is 468 g/mol. The zero-order chi connectivity index (χ0) is 24.6. The molecule has 4 aromatic rings. The van der Waals surface area contributed by atoms with Crippen LogP contribution in [0.4, 0.5) is 5.82 Å². The van der Waals surface area contributed by atoms with Crippen molar-refractivity contribution in [3.8, 4) is 16.9 Å². The fraction of sp³-hybridized carbons (Fsp3) is 0.345. The number of nitrogens with zero attached hydrogens (tertiary/aromatic N) is 4. The molecule has 0 aliphatic carbocycles. The molecule has 1 aliphatic heterocycles. The van der Waals surface area contributed by atoms with Crippen molar-refractivity contribution in [3.63, 3.8) is 0 Å². The smallest absolute Gasteiger partial charge is 0.156 e. The Morgan fingerprint density at radius 2 is 1.77 bits per heavy atom. The Hall–Kier alpha value is -3.67. The second kappa shape index (κ2) is 9.17. The normalized spacial score (nSPS) is 14.8. The van der Waals surface area contributed by atoms with Crippen LogP contribution in [0.1, 0.15) is 38.3 Å². The average Bonchev–Trinajstić information content (AvgIpc) is 3.26. The van der Waals surface area contributed by atoms with Crippen LogP contribution in [-0.2, 0) is 11.2 Å². The number of anilines is 1. The van der Waals surface area contributed by atoms with Gasteiger partial charge >= 0.3 is 0 Å². The molecule has 5 rings (SSSR count). The van der Waals surface area contributed by atoms with Crippen LogP contribution in [0, 0.1) is 12.3 Å². The highest BCUT2D eigenvalue weighted by atomic mass is 16.5. The van der Waals surface area contributed by atoms with Crippen LogP contribution < -0.4 is 9.64 Å². The van der Waals surface area contributed by atoms with E-state index in [4.69, 9.17) is 4.74 Å². The summed E-state index contributed by atoms with van der Waals surface area (Å²) in [7, 11) is 0. The molecular weight excluding hydrogens is 436 g/mol. The van der Waals surface area contributed by atoms with Crippen LogP contribution in [0.5, 0.6) is 5.75 Å². The molecule has 6 nitrogen and oxygen atoms in total. The van der Waals surface area contributed by atoms with E-state index in [9.17, 15) is 4.79 Å². The number of Topliss-reactive ketones (excluding diaryl/α,β-unsaturated/α-hetero) is 1. The minimum absolute atomic E-state index is 0.146. The van der Waals surface area contributed by atoms with Crippen molar-refractivity contribution >= 4 is 17.1 Å². The number of rotatable bonds is 8. The van der Waals surface area contributed by atoms with E-state index in [1.54, 1.807) is 6.33 Å². The largest absolute Gasteiger partial charge is 0.491 e. The van der Waals surface area contributed by atoms with Gasteiger partial charge in [0, 0.05) is 31.3 Å². The van der Waals surface area contributed by atoms with Crippen molar-refractivity contribution in [2.75, 3.05) is 18.0 Å². The van der Waals surface area contributed by atoms with Crippen LogP contribution in [-0.4, -0.2) is 39.6 Å². The van der Waals surface area contributed by atoms with Crippen LogP contribution in [0.3, 0.4) is 0 Å². The van der Waals surface area contributed by atoms with E-state index in [2.05, 4.69) is 71.3 Å². The number of carbonyl (C=O) groups excluding carboxylic acids is 1. The van der Waals surface area contributed by atoms with Crippen molar-refractivity contribution in [2.24, 2.45) is 5.41 Å². The van der Waals surface area contributed by atoms with Crippen LogP contribution in [0.25, 0.3) is 16.6 Å². The first-order chi connectivity index (χ1) is 16.8. The first-order valence-corrected chi connectivity index (χ1v) is 12.2. The zero-order valence-electron chi connectivity index (χ0n) is 20.9. The molecule has 0 unspecified atom stereocenters. The Labute approximate surface area is 206 Å². The van der Waals surface area contributed by atoms with Crippen LogP contribution >= 0.6 is 0 Å². The summed E-state index contributed by atoms with van der Waals surface area (Å²) in [6.45, 7) is 9.54. The summed E-state index contributed by atoms with van der Waals surface area (Å²) in [5.74, 6) is 2.05. The van der Waals surface area contributed by atoms with Gasteiger partial charge in [-0.1, -0.05) is 42.0 Å². The van der Waals surface area contributed by atoms with E-state index in [0.29, 0.717) is 25.3 Å². The molecule has 1 fully saturated rings. The van der Waals surface area contributed by atoms with Gasteiger partial charge in [-0.05, 0) is 63.4 Å². The van der Waals surface area contributed by atoms with Gasteiger partial charge in [-0.15, -0.1) is 0 Å². The van der Waals surface area contributed by atoms with E-state index in [1.807, 2.05) is 36.7 Å². The van der Waals surface area contributed by atoms with Crippen molar-refractivity contribution in [3.05, 3.63) is 78.2 Å². The third-order valence-electron chi connectivity index (χ3n) is 6.76. The van der Waals surface area contributed by atoms with Gasteiger partial charge in [-0.25, -0.2) is 9.50 Å². The predicted molar refractivity (Wildman–Crippen MR) is 139 cm³/mol. The van der Waals surface area contributed by atoms with Gasteiger partial charge in [-0.3, -0.25) is 4.79 Å². The Morgan fingerprint density at radius 3 is 2.46 bits per heavy atom. The van der Waals surface area contributed by atoms with E-state index in [0.717, 1.165) is 34.6 Å². The highest BCUT2D eigenvalue weighted by Gasteiger charge is 2.45. The second-order valence-corrected chi connectivity index (χ2v) is 10.2. The van der Waals surface area contributed by atoms with Crippen molar-refractivity contribution < 1.29 is 9.53 Å². The van der Waals surface area contributed by atoms with Gasteiger partial charge in [0.25, 0.3) is 0 Å². The Balaban J connectivity index is 1.28. The molecule has 180 valence electrons. The maximum atomic E-state index is 13.0. The maximum absolute atomic E-state index is 13.0. The molecule has 1 aliphatic rings. The lowest BCUT2D eigenvalue weighted by atomic mass is 9.76. The molecular formula is C29H32N4O2. The first kappa shape index (κ1) is 23.1. The number of aromatic nitrogens is 3. The van der Waals surface area contributed by atoms with Gasteiger partial charge in [0.2, 0.25) is 0 Å². The minimum atomic E-state index is -0.339. The number of benzene rings is 2. The quantitative estimate of drug-likeness (QED) is 0.341. The maximum Gasteiger partial charge on any atom is 0.156 e. The molecule has 0 atom stereocenters. The van der Waals surface area contributed by atoms with Crippen LogP contribution in [0.2, 0.25) is 0 Å². The molecule has 0 saturated carbocycles. The number of aryl methyl sites for hydroxylation is 2. The summed E-state index contributed by atoms with van der Waals surface area (Å²) >= 11 is 0. The lowest BCUT2D eigenvalue weighted by Crippen LogP contribution is -2.59. The van der Waals surface area contributed by atoms with E-state index in [1.165, 1.54) is 11.1 Å². The molecule has 3 heterocycles. The SMILES string of the molecule is Cc1ccc(CCC(=O)C2(C)CN(c3ncnn4cc(-c5ccc(OC(C)C)cc5)cc34)C2)cc1. The third-order valence-corrected chi connectivity index (χ3v) is 6.76. The molecule has 6 heteroatoms. The number of hydrogen-bond donors (Lipinski definition) is 0. The fourth-order valence-corrected chi connectivity index (χ4v) is 4.75. The highest BCUT2D eigenvalue weighted by Crippen LogP contribution is 2.38. The minimum Gasteiger partial charge on any atom is -0.491 e. The Kier molecular flexibility index (Phi) is 6.05. The van der Waals surface area contributed by atoms with Gasteiger partial charge in [0.1, 0.15) is 23.4 Å². The van der Waals surface area contributed by atoms with Gasteiger partial charge in [-0.2, -0.15) is 5.10 Å². The lowest BCUT2D eigenvalue weighted by molar-refractivity contribution is -0.129. The van der Waals surface area contributed by atoms with Crippen molar-refractivity contribution in [2.45, 2.75) is 46.6 Å². The number of ether oxygens (including phenoxy) is 1. The molecule has 0 N–H and O–H groups in total. The standard InChI is InChI=1S/C29H32N4O2/c1-20(2)35-25-12-10-23(11-13-25)24-15-26-28(30-19-31-33(26)16-24)32-17-29(4,18-32)27(34)14-9-22-7-5-21(3)6-8-22/h5-8,10-13,15-16,19-20H,9,14,17-18H2,1-4H3. The molecule has 0 bridgehead atoms. The molecule has 2 aromatic carbocycles. The summed E-state index contributed by atoms with van der Waals surface area (Å²) in [5.41, 5.74) is 5.22. The Morgan fingerprint density at radius 1 is 1.06 bits per heavy atom.